The lowest BCUT2D eigenvalue weighted by Gasteiger charge is -2.23. The van der Waals surface area contributed by atoms with Gasteiger partial charge in [-0.15, -0.1) is 23.5 Å². The number of anilines is 1. The summed E-state index contributed by atoms with van der Waals surface area (Å²) in [6.07, 6.45) is 3.61. The Labute approximate surface area is 177 Å². The highest BCUT2D eigenvalue weighted by atomic mass is 32.2. The molecule has 148 valence electrons. The summed E-state index contributed by atoms with van der Waals surface area (Å²) < 4.78 is 5.39. The maximum absolute atomic E-state index is 12.6. The van der Waals surface area contributed by atoms with Gasteiger partial charge in [0.1, 0.15) is 11.1 Å². The molecule has 7 heteroatoms. The van der Waals surface area contributed by atoms with Crippen LogP contribution in [0.2, 0.25) is 0 Å². The number of carbonyl (C=O) groups is 2. The van der Waals surface area contributed by atoms with E-state index in [1.165, 1.54) is 0 Å². The largest absolute Gasteiger partial charge is 0.467 e. The van der Waals surface area contributed by atoms with E-state index in [-0.39, 0.29) is 17.2 Å². The zero-order chi connectivity index (χ0) is 20.2. The van der Waals surface area contributed by atoms with Gasteiger partial charge in [-0.1, -0.05) is 18.2 Å². The van der Waals surface area contributed by atoms with Gasteiger partial charge >= 0.3 is 0 Å². The van der Waals surface area contributed by atoms with Crippen molar-refractivity contribution in [1.82, 2.24) is 4.90 Å². The minimum Gasteiger partial charge on any atom is -0.467 e. The van der Waals surface area contributed by atoms with Gasteiger partial charge in [0.15, 0.2) is 0 Å². The molecule has 0 bridgehead atoms. The molecule has 0 unspecified atom stereocenters. The molecule has 3 aromatic rings. The second kappa shape index (κ2) is 8.80. The van der Waals surface area contributed by atoms with Gasteiger partial charge in [-0.3, -0.25) is 9.59 Å². The van der Waals surface area contributed by atoms with Crippen LogP contribution in [0.3, 0.4) is 0 Å². The predicted octanol–water partition coefficient (Wildman–Crippen LogP) is 5.03. The average molecular weight is 425 g/mol. The van der Waals surface area contributed by atoms with Crippen LogP contribution in [0.4, 0.5) is 5.69 Å². The number of rotatable bonds is 6. The van der Waals surface area contributed by atoms with Crippen LogP contribution >= 0.6 is 23.5 Å². The molecule has 0 aliphatic carbocycles. The Morgan fingerprint density at radius 3 is 2.76 bits per heavy atom. The van der Waals surface area contributed by atoms with E-state index in [0.717, 1.165) is 21.9 Å². The van der Waals surface area contributed by atoms with Crippen molar-refractivity contribution in [3.8, 4) is 0 Å². The molecule has 1 aromatic heterocycles. The van der Waals surface area contributed by atoms with Crippen LogP contribution in [0.15, 0.2) is 76.2 Å². The summed E-state index contributed by atoms with van der Waals surface area (Å²) >= 11 is 3.22. The highest BCUT2D eigenvalue weighted by molar-refractivity contribution is 8.00. The number of nitrogens with zero attached hydrogens (tertiary/aromatic N) is 1. The molecule has 4 rings (SSSR count). The van der Waals surface area contributed by atoms with E-state index in [9.17, 15) is 9.59 Å². The minimum absolute atomic E-state index is 0.0806. The molecule has 0 saturated carbocycles. The summed E-state index contributed by atoms with van der Waals surface area (Å²) in [4.78, 5) is 27.8. The molecule has 1 N–H and O–H groups in total. The second-order valence-electron chi connectivity index (χ2n) is 6.57. The smallest absolute Gasteiger partial charge is 0.255 e. The Kier molecular flexibility index (Phi) is 5.97. The Bertz CT molecular complexity index is 1000. The molecule has 1 atom stereocenters. The lowest BCUT2D eigenvalue weighted by atomic mass is 10.1. The molecule has 2 aromatic carbocycles. The van der Waals surface area contributed by atoms with Crippen LogP contribution in [0, 0.1) is 0 Å². The lowest BCUT2D eigenvalue weighted by molar-refractivity contribution is -0.128. The molecule has 0 spiro atoms. The first-order chi connectivity index (χ1) is 14.1. The summed E-state index contributed by atoms with van der Waals surface area (Å²) in [7, 11) is 0. The summed E-state index contributed by atoms with van der Waals surface area (Å²) in [5, 5.41) is 2.85. The first-order valence-corrected chi connectivity index (χ1v) is 11.4. The van der Waals surface area contributed by atoms with Gasteiger partial charge in [0.25, 0.3) is 5.91 Å². The molecule has 5 nitrogen and oxygen atoms in total. The van der Waals surface area contributed by atoms with Gasteiger partial charge in [-0.05, 0) is 54.3 Å². The lowest BCUT2D eigenvalue weighted by Crippen LogP contribution is -2.27. The fourth-order valence-corrected chi connectivity index (χ4v) is 4.82. The predicted molar refractivity (Wildman–Crippen MR) is 117 cm³/mol. The summed E-state index contributed by atoms with van der Waals surface area (Å²) in [5.41, 5.74) is 2.34. The maximum Gasteiger partial charge on any atom is 0.255 e. The Morgan fingerprint density at radius 2 is 2.03 bits per heavy atom. The summed E-state index contributed by atoms with van der Waals surface area (Å²) in [6, 6.07) is 18.9. The third-order valence-electron chi connectivity index (χ3n) is 4.66. The highest BCUT2D eigenvalue weighted by Gasteiger charge is 2.33. The summed E-state index contributed by atoms with van der Waals surface area (Å²) in [5.74, 6) is 1.14. The normalized spacial score (nSPS) is 16.2. The van der Waals surface area contributed by atoms with Crippen molar-refractivity contribution in [2.75, 3.05) is 17.3 Å². The quantitative estimate of drug-likeness (QED) is 0.563. The molecular weight excluding hydrogens is 404 g/mol. The summed E-state index contributed by atoms with van der Waals surface area (Å²) in [6.45, 7) is 0.442. The van der Waals surface area contributed by atoms with E-state index < -0.39 is 0 Å². The van der Waals surface area contributed by atoms with E-state index >= 15 is 0 Å². The van der Waals surface area contributed by atoms with Gasteiger partial charge in [0, 0.05) is 16.1 Å². The van der Waals surface area contributed by atoms with E-state index in [0.29, 0.717) is 17.9 Å². The molecule has 1 aliphatic heterocycles. The van der Waals surface area contributed by atoms with E-state index in [1.54, 1.807) is 41.9 Å². The van der Waals surface area contributed by atoms with Gasteiger partial charge in [-0.25, -0.2) is 0 Å². The zero-order valence-electron chi connectivity index (χ0n) is 15.8. The number of carbonyl (C=O) groups excluding carboxylic acids is 2. The molecular formula is C22H20N2O3S2. The van der Waals surface area contributed by atoms with Crippen molar-refractivity contribution < 1.29 is 14.0 Å². The second-order valence-corrected chi connectivity index (χ2v) is 8.52. The van der Waals surface area contributed by atoms with Crippen molar-refractivity contribution >= 4 is 41.0 Å². The van der Waals surface area contributed by atoms with Crippen LogP contribution in [0.25, 0.3) is 0 Å². The molecule has 29 heavy (non-hydrogen) atoms. The van der Waals surface area contributed by atoms with Gasteiger partial charge < -0.3 is 14.6 Å². The van der Waals surface area contributed by atoms with Crippen molar-refractivity contribution in [2.45, 2.75) is 16.8 Å². The van der Waals surface area contributed by atoms with E-state index in [1.807, 2.05) is 59.7 Å². The number of benzene rings is 2. The Morgan fingerprint density at radius 1 is 1.21 bits per heavy atom. The Hall–Kier alpha value is -2.64. The number of amides is 2. The van der Waals surface area contributed by atoms with Crippen molar-refractivity contribution in [2.24, 2.45) is 0 Å². The molecule has 2 amide bonds. The van der Waals surface area contributed by atoms with Gasteiger partial charge in [-0.2, -0.15) is 0 Å². The highest BCUT2D eigenvalue weighted by Crippen LogP contribution is 2.39. The van der Waals surface area contributed by atoms with Gasteiger partial charge in [0.05, 0.1) is 18.6 Å². The van der Waals surface area contributed by atoms with Gasteiger partial charge in [0.2, 0.25) is 5.91 Å². The fraction of sp³-hybridized carbons (Fsp3) is 0.182. The third-order valence-corrected chi connectivity index (χ3v) is 6.64. The van der Waals surface area contributed by atoms with Crippen LogP contribution in [-0.2, 0) is 11.3 Å². The first-order valence-electron chi connectivity index (χ1n) is 9.13. The molecule has 0 radical (unpaired) electrons. The monoisotopic (exact) mass is 424 g/mol. The number of thioether (sulfide) groups is 2. The molecule has 1 aliphatic rings. The van der Waals surface area contributed by atoms with Crippen LogP contribution < -0.4 is 5.32 Å². The molecule has 1 saturated heterocycles. The van der Waals surface area contributed by atoms with Crippen molar-refractivity contribution in [1.29, 1.82) is 0 Å². The standard InChI is InChI=1S/C22H20N2O3S2/c1-28-19-6-2-4-17(12-19)23-21(26)15-7-9-16(10-8-15)22-24(20(25)14-29-22)13-18-5-3-11-27-18/h2-12,22H,13-14H2,1H3,(H,23,26)/t22-/m0/s1. The Balaban J connectivity index is 1.46. The number of hydrogen-bond acceptors (Lipinski definition) is 5. The molecule has 1 fully saturated rings. The maximum atomic E-state index is 12.6. The van der Waals surface area contributed by atoms with Crippen LogP contribution in [0.1, 0.15) is 27.1 Å². The number of hydrogen-bond donors (Lipinski definition) is 1. The van der Waals surface area contributed by atoms with E-state index in [2.05, 4.69) is 5.32 Å². The first kappa shape index (κ1) is 19.7. The average Bonchev–Trinajstić information content (AvgIpc) is 3.39. The van der Waals surface area contributed by atoms with Crippen LogP contribution in [0.5, 0.6) is 0 Å². The molecule has 2 heterocycles. The number of furan rings is 1. The van der Waals surface area contributed by atoms with Crippen molar-refractivity contribution in [3.05, 3.63) is 83.8 Å². The fourth-order valence-electron chi connectivity index (χ4n) is 3.17. The third kappa shape index (κ3) is 4.52. The van der Waals surface area contributed by atoms with Crippen LogP contribution in [-0.4, -0.2) is 28.7 Å². The van der Waals surface area contributed by atoms with Crippen molar-refractivity contribution in [3.63, 3.8) is 0 Å². The number of nitrogens with one attached hydrogen (secondary N) is 1. The minimum atomic E-state index is -0.155. The zero-order valence-corrected chi connectivity index (χ0v) is 17.5. The SMILES string of the molecule is CSc1cccc(NC(=O)c2ccc([C@@H]3SCC(=O)N3Cc3ccco3)cc2)c1. The topological polar surface area (TPSA) is 62.6 Å². The van der Waals surface area contributed by atoms with E-state index in [4.69, 9.17) is 4.42 Å².